The maximum absolute atomic E-state index is 13.2. The van der Waals surface area contributed by atoms with Crippen LogP contribution in [0.1, 0.15) is 33.1 Å². The number of H-pyrrole nitrogens is 1. The second kappa shape index (κ2) is 11.4. The van der Waals surface area contributed by atoms with Gasteiger partial charge in [0.25, 0.3) is 0 Å². The highest BCUT2D eigenvalue weighted by Crippen LogP contribution is 2.37. The topological polar surface area (TPSA) is 151 Å². The van der Waals surface area contributed by atoms with Crippen LogP contribution in [0.15, 0.2) is 58.6 Å². The summed E-state index contributed by atoms with van der Waals surface area (Å²) in [5, 5.41) is 13.2. The van der Waals surface area contributed by atoms with Gasteiger partial charge in [0, 0.05) is 38.1 Å². The van der Waals surface area contributed by atoms with Gasteiger partial charge in [0.2, 0.25) is 10.0 Å². The van der Waals surface area contributed by atoms with Crippen LogP contribution < -0.4 is 10.1 Å². The van der Waals surface area contributed by atoms with E-state index in [2.05, 4.69) is 15.3 Å². The number of aromatic nitrogens is 2. The fourth-order valence-electron chi connectivity index (χ4n) is 5.23. The quantitative estimate of drug-likeness (QED) is 0.321. The first-order valence-electron chi connectivity index (χ1n) is 13.4. The predicted octanol–water partition coefficient (Wildman–Crippen LogP) is 2.09. The standard InChI is InChI=1S/C27H36N4O7S2/c1-19(2)39(33,34)23-5-3-4-22(12-23)37-18-21(32)15-29-20-14-27(38-17-20)7-10-31(11-8-27)40(35,36)24-13-26-25(30-16-24)6-9-28-26/h3-6,9,12-13,16,19-21,28-29,32H,7-8,10-11,14-15,17-18H2,1-2H3. The van der Waals surface area contributed by atoms with E-state index in [9.17, 15) is 21.9 Å². The molecule has 218 valence electrons. The zero-order chi connectivity index (χ0) is 28.5. The molecule has 0 amide bonds. The first-order chi connectivity index (χ1) is 19.0. The Kier molecular flexibility index (Phi) is 8.24. The van der Waals surface area contributed by atoms with Crippen molar-refractivity contribution in [1.82, 2.24) is 19.6 Å². The number of pyridine rings is 1. The Morgan fingerprint density at radius 1 is 1.18 bits per heavy atom. The van der Waals surface area contributed by atoms with Crippen LogP contribution in [0.25, 0.3) is 11.0 Å². The lowest BCUT2D eigenvalue weighted by molar-refractivity contribution is -0.0312. The molecule has 3 aromatic rings. The maximum atomic E-state index is 13.2. The predicted molar refractivity (Wildman–Crippen MR) is 149 cm³/mol. The van der Waals surface area contributed by atoms with Gasteiger partial charge in [0.1, 0.15) is 23.4 Å². The van der Waals surface area contributed by atoms with E-state index in [1.807, 2.05) is 0 Å². The average molecular weight is 593 g/mol. The third-order valence-electron chi connectivity index (χ3n) is 7.69. The van der Waals surface area contributed by atoms with Crippen molar-refractivity contribution in [3.63, 3.8) is 0 Å². The van der Waals surface area contributed by atoms with E-state index in [0.717, 1.165) is 11.9 Å². The number of piperidine rings is 1. The number of nitrogens with one attached hydrogen (secondary N) is 2. The number of hydrogen-bond donors (Lipinski definition) is 3. The molecule has 40 heavy (non-hydrogen) atoms. The van der Waals surface area contributed by atoms with Gasteiger partial charge in [0.15, 0.2) is 9.84 Å². The molecule has 3 N–H and O–H groups in total. The average Bonchev–Trinajstić information content (AvgIpc) is 3.57. The molecule has 2 aliphatic heterocycles. The van der Waals surface area contributed by atoms with Crippen molar-refractivity contribution in [2.45, 2.75) is 65.9 Å². The number of ether oxygens (including phenoxy) is 2. The highest BCUT2D eigenvalue weighted by atomic mass is 32.2. The van der Waals surface area contributed by atoms with Gasteiger partial charge in [-0.25, -0.2) is 16.8 Å². The van der Waals surface area contributed by atoms with E-state index in [0.29, 0.717) is 43.8 Å². The number of aliphatic hydroxyl groups excluding tert-OH is 1. The molecule has 1 spiro atoms. The van der Waals surface area contributed by atoms with Crippen molar-refractivity contribution in [2.75, 3.05) is 32.8 Å². The summed E-state index contributed by atoms with van der Waals surface area (Å²) in [6.07, 6.45) is 4.22. The fourth-order valence-corrected chi connectivity index (χ4v) is 7.74. The molecule has 0 aliphatic carbocycles. The number of aliphatic hydroxyl groups is 1. The minimum atomic E-state index is -3.66. The third kappa shape index (κ3) is 6.04. The number of sulfonamides is 1. The van der Waals surface area contributed by atoms with Crippen LogP contribution in [0.3, 0.4) is 0 Å². The lowest BCUT2D eigenvalue weighted by Crippen LogP contribution is -2.47. The molecular formula is C27H36N4O7S2. The molecule has 0 saturated carbocycles. The summed E-state index contributed by atoms with van der Waals surface area (Å²) in [6, 6.07) is 9.74. The van der Waals surface area contributed by atoms with Crippen LogP contribution >= 0.6 is 0 Å². The summed E-state index contributed by atoms with van der Waals surface area (Å²) >= 11 is 0. The zero-order valence-electron chi connectivity index (χ0n) is 22.6. The first-order valence-corrected chi connectivity index (χ1v) is 16.4. The molecule has 2 saturated heterocycles. The van der Waals surface area contributed by atoms with Crippen LogP contribution in [-0.2, 0) is 24.6 Å². The molecular weight excluding hydrogens is 556 g/mol. The Morgan fingerprint density at radius 3 is 2.70 bits per heavy atom. The first kappa shape index (κ1) is 29.0. The Hall–Kier alpha value is -2.55. The maximum Gasteiger partial charge on any atom is 0.244 e. The summed E-state index contributed by atoms with van der Waals surface area (Å²) < 4.78 is 64.5. The van der Waals surface area contributed by atoms with Crippen molar-refractivity contribution < 1.29 is 31.4 Å². The number of fused-ring (bicyclic) bond motifs is 1. The lowest BCUT2D eigenvalue weighted by Gasteiger charge is -2.38. The van der Waals surface area contributed by atoms with Crippen molar-refractivity contribution in [2.24, 2.45) is 0 Å². The van der Waals surface area contributed by atoms with E-state index < -0.39 is 36.8 Å². The Bertz CT molecular complexity index is 1550. The number of hydrogen-bond acceptors (Lipinski definition) is 9. The number of nitrogens with zero attached hydrogens (tertiary/aromatic N) is 2. The minimum Gasteiger partial charge on any atom is -0.491 e. The number of rotatable bonds is 10. The summed E-state index contributed by atoms with van der Waals surface area (Å²) in [6.45, 7) is 4.74. The molecule has 4 heterocycles. The molecule has 0 bridgehead atoms. The van der Waals surface area contributed by atoms with Gasteiger partial charge in [0.05, 0.1) is 33.4 Å². The molecule has 13 heteroatoms. The van der Waals surface area contributed by atoms with Crippen LogP contribution in [0.5, 0.6) is 5.75 Å². The lowest BCUT2D eigenvalue weighted by atomic mass is 9.88. The van der Waals surface area contributed by atoms with E-state index >= 15 is 0 Å². The highest BCUT2D eigenvalue weighted by molar-refractivity contribution is 7.92. The molecule has 1 aromatic carbocycles. The van der Waals surface area contributed by atoms with Gasteiger partial charge >= 0.3 is 0 Å². The second-order valence-corrected chi connectivity index (χ2v) is 15.3. The molecule has 2 aromatic heterocycles. The summed E-state index contributed by atoms with van der Waals surface area (Å²) in [7, 11) is -7.07. The van der Waals surface area contributed by atoms with Crippen LogP contribution in [0.2, 0.25) is 0 Å². The van der Waals surface area contributed by atoms with Gasteiger partial charge in [-0.2, -0.15) is 4.31 Å². The summed E-state index contributed by atoms with van der Waals surface area (Å²) in [4.78, 5) is 7.62. The largest absolute Gasteiger partial charge is 0.491 e. The van der Waals surface area contributed by atoms with Crippen LogP contribution in [0, 0.1) is 0 Å². The number of sulfone groups is 1. The van der Waals surface area contributed by atoms with Gasteiger partial charge in [-0.05, 0) is 63.4 Å². The molecule has 11 nitrogen and oxygen atoms in total. The van der Waals surface area contributed by atoms with E-state index in [-0.39, 0.29) is 29.0 Å². The molecule has 2 fully saturated rings. The second-order valence-electron chi connectivity index (χ2n) is 10.8. The van der Waals surface area contributed by atoms with Gasteiger partial charge in [-0.1, -0.05) is 6.07 Å². The Labute approximate surface area is 234 Å². The van der Waals surface area contributed by atoms with E-state index in [1.165, 1.54) is 22.6 Å². The van der Waals surface area contributed by atoms with E-state index in [1.54, 1.807) is 44.3 Å². The monoisotopic (exact) mass is 592 g/mol. The molecule has 2 aliphatic rings. The smallest absolute Gasteiger partial charge is 0.244 e. The van der Waals surface area contributed by atoms with Crippen molar-refractivity contribution in [3.05, 3.63) is 48.8 Å². The van der Waals surface area contributed by atoms with E-state index in [4.69, 9.17) is 9.47 Å². The number of benzene rings is 1. The molecule has 0 radical (unpaired) electrons. The highest BCUT2D eigenvalue weighted by Gasteiger charge is 2.44. The number of aromatic amines is 1. The Morgan fingerprint density at radius 2 is 1.95 bits per heavy atom. The molecule has 2 unspecified atom stereocenters. The van der Waals surface area contributed by atoms with Crippen molar-refractivity contribution in [1.29, 1.82) is 0 Å². The SMILES string of the molecule is CC(C)S(=O)(=O)c1cccc(OCC(O)CNC2COC3(CCN(S(=O)(=O)c4cnc5cc[nH]c5c4)CC3)C2)c1. The summed E-state index contributed by atoms with van der Waals surface area (Å²) in [5.74, 6) is 0.384. The minimum absolute atomic E-state index is 0.00680. The zero-order valence-corrected chi connectivity index (χ0v) is 24.2. The van der Waals surface area contributed by atoms with Gasteiger partial charge < -0.3 is 24.9 Å². The Balaban J connectivity index is 1.08. The van der Waals surface area contributed by atoms with Crippen LogP contribution in [0.4, 0.5) is 0 Å². The molecule has 2 atom stereocenters. The van der Waals surface area contributed by atoms with Crippen LogP contribution in [-0.4, -0.2) is 92.1 Å². The third-order valence-corrected chi connectivity index (χ3v) is 11.7. The van der Waals surface area contributed by atoms with Crippen molar-refractivity contribution in [3.8, 4) is 5.75 Å². The normalized spacial score (nSPS) is 20.9. The van der Waals surface area contributed by atoms with Crippen molar-refractivity contribution >= 4 is 30.9 Å². The summed E-state index contributed by atoms with van der Waals surface area (Å²) in [5.41, 5.74) is 1.01. The molecule has 5 rings (SSSR count). The van der Waals surface area contributed by atoms with Gasteiger partial charge in [-0.15, -0.1) is 0 Å². The van der Waals surface area contributed by atoms with Gasteiger partial charge in [-0.3, -0.25) is 4.98 Å². The fraction of sp³-hybridized carbons (Fsp3) is 0.519.